The number of anilines is 1. The molecule has 0 unspecified atom stereocenters. The zero-order valence-corrected chi connectivity index (χ0v) is 9.01. The summed E-state index contributed by atoms with van der Waals surface area (Å²) in [4.78, 5) is 0. The fourth-order valence-corrected chi connectivity index (χ4v) is 1.74. The van der Waals surface area contributed by atoms with Crippen molar-refractivity contribution in [2.45, 2.75) is 13.5 Å². The Labute approximate surface area is 91.0 Å². The molecule has 78 valence electrons. The molecule has 5 heteroatoms. The average Bonchev–Trinajstić information content (AvgIpc) is 2.64. The molecule has 1 heterocycles. The lowest BCUT2D eigenvalue weighted by molar-refractivity contribution is 0.627. The van der Waals surface area contributed by atoms with Crippen LogP contribution in [0.1, 0.15) is 10.6 Å². The first-order chi connectivity index (χ1) is 7.24. The maximum Gasteiger partial charge on any atom is 0.205 e. The second kappa shape index (κ2) is 4.35. The molecule has 1 aromatic heterocycles. The number of nitrogens with one attached hydrogen (secondary N) is 1. The molecule has 1 N–H and O–H groups in total. The highest BCUT2D eigenvalue weighted by Crippen LogP contribution is 2.14. The molecule has 0 saturated heterocycles. The van der Waals surface area contributed by atoms with Crippen molar-refractivity contribution in [3.05, 3.63) is 40.7 Å². The summed E-state index contributed by atoms with van der Waals surface area (Å²) in [5.41, 5.74) is 1.02. The van der Waals surface area contributed by atoms with Crippen molar-refractivity contribution >= 4 is 16.5 Å². The Morgan fingerprint density at radius 3 is 2.60 bits per heavy atom. The summed E-state index contributed by atoms with van der Waals surface area (Å²) in [6.07, 6.45) is 0. The normalized spacial score (nSPS) is 10.3. The van der Waals surface area contributed by atoms with Crippen molar-refractivity contribution in [1.29, 1.82) is 0 Å². The van der Waals surface area contributed by atoms with Gasteiger partial charge in [-0.25, -0.2) is 4.39 Å². The van der Waals surface area contributed by atoms with Crippen LogP contribution in [0, 0.1) is 12.7 Å². The van der Waals surface area contributed by atoms with E-state index in [9.17, 15) is 4.39 Å². The average molecular weight is 223 g/mol. The van der Waals surface area contributed by atoms with Crippen molar-refractivity contribution < 1.29 is 4.39 Å². The molecule has 0 amide bonds. The maximum atomic E-state index is 12.6. The largest absolute Gasteiger partial charge is 0.356 e. The molecule has 3 nitrogen and oxygen atoms in total. The first kappa shape index (κ1) is 10.0. The lowest BCUT2D eigenvalue weighted by Gasteiger charge is -2.01. The number of hydrogen-bond donors (Lipinski definition) is 1. The number of aryl methyl sites for hydroxylation is 1. The quantitative estimate of drug-likeness (QED) is 0.869. The van der Waals surface area contributed by atoms with E-state index < -0.39 is 0 Å². The lowest BCUT2D eigenvalue weighted by Crippen LogP contribution is -1.98. The Balaban J connectivity index is 1.96. The van der Waals surface area contributed by atoms with Crippen LogP contribution in [0.2, 0.25) is 0 Å². The smallest absolute Gasteiger partial charge is 0.205 e. The molecule has 1 aromatic carbocycles. The van der Waals surface area contributed by atoms with Crippen LogP contribution in [0.3, 0.4) is 0 Å². The second-order valence-electron chi connectivity index (χ2n) is 3.11. The number of hydrogen-bond acceptors (Lipinski definition) is 4. The van der Waals surface area contributed by atoms with E-state index >= 15 is 0 Å². The minimum absolute atomic E-state index is 0.217. The van der Waals surface area contributed by atoms with Crippen LogP contribution in [-0.2, 0) is 6.54 Å². The molecule has 0 aliphatic rings. The standard InChI is InChI=1S/C10H10FN3S/c1-7-13-14-10(15-7)12-6-8-2-4-9(11)5-3-8/h2-5H,6H2,1H3,(H,12,14). The summed E-state index contributed by atoms with van der Waals surface area (Å²) in [7, 11) is 0. The third-order valence-electron chi connectivity index (χ3n) is 1.88. The van der Waals surface area contributed by atoms with Crippen molar-refractivity contribution in [1.82, 2.24) is 10.2 Å². The molecule has 2 rings (SSSR count). The van der Waals surface area contributed by atoms with Crippen molar-refractivity contribution in [2.75, 3.05) is 5.32 Å². The first-order valence-corrected chi connectivity index (χ1v) is 5.34. The molecular weight excluding hydrogens is 213 g/mol. The number of aromatic nitrogens is 2. The van der Waals surface area contributed by atoms with Gasteiger partial charge in [-0.1, -0.05) is 23.5 Å². The van der Waals surface area contributed by atoms with E-state index in [0.717, 1.165) is 15.7 Å². The predicted octanol–water partition coefficient (Wildman–Crippen LogP) is 2.60. The molecule has 0 fully saturated rings. The summed E-state index contributed by atoms with van der Waals surface area (Å²) in [6, 6.07) is 6.39. The van der Waals surface area contributed by atoms with Gasteiger partial charge in [-0.05, 0) is 24.6 Å². The minimum atomic E-state index is -0.217. The van der Waals surface area contributed by atoms with Crippen molar-refractivity contribution in [2.24, 2.45) is 0 Å². The topological polar surface area (TPSA) is 37.8 Å². The van der Waals surface area contributed by atoms with Gasteiger partial charge in [0.25, 0.3) is 0 Å². The Kier molecular flexibility index (Phi) is 2.91. The highest BCUT2D eigenvalue weighted by molar-refractivity contribution is 7.15. The Hall–Kier alpha value is -1.49. The molecule has 0 spiro atoms. The van der Waals surface area contributed by atoms with Gasteiger partial charge < -0.3 is 5.32 Å². The summed E-state index contributed by atoms with van der Waals surface area (Å²) >= 11 is 1.50. The van der Waals surface area contributed by atoms with E-state index in [1.807, 2.05) is 6.92 Å². The van der Waals surface area contributed by atoms with Crippen LogP contribution in [0.5, 0.6) is 0 Å². The van der Waals surface area contributed by atoms with Crippen molar-refractivity contribution in [3.63, 3.8) is 0 Å². The molecule has 0 atom stereocenters. The fourth-order valence-electron chi connectivity index (χ4n) is 1.15. The third kappa shape index (κ3) is 2.73. The van der Waals surface area contributed by atoms with E-state index in [1.165, 1.54) is 23.5 Å². The zero-order chi connectivity index (χ0) is 10.7. The number of halogens is 1. The van der Waals surface area contributed by atoms with Gasteiger partial charge in [-0.2, -0.15) is 0 Å². The molecule has 0 aliphatic heterocycles. The summed E-state index contributed by atoms with van der Waals surface area (Å²) in [5.74, 6) is -0.217. The Morgan fingerprint density at radius 2 is 2.00 bits per heavy atom. The minimum Gasteiger partial charge on any atom is -0.356 e. The SMILES string of the molecule is Cc1nnc(NCc2ccc(F)cc2)s1. The first-order valence-electron chi connectivity index (χ1n) is 4.52. The molecule has 2 aromatic rings. The van der Waals surface area contributed by atoms with Gasteiger partial charge in [0.1, 0.15) is 10.8 Å². The van der Waals surface area contributed by atoms with Crippen LogP contribution in [0.4, 0.5) is 9.52 Å². The van der Waals surface area contributed by atoms with Crippen LogP contribution >= 0.6 is 11.3 Å². The van der Waals surface area contributed by atoms with Gasteiger partial charge in [0.05, 0.1) is 0 Å². The van der Waals surface area contributed by atoms with Gasteiger partial charge in [0.15, 0.2) is 0 Å². The molecule has 15 heavy (non-hydrogen) atoms. The zero-order valence-electron chi connectivity index (χ0n) is 8.20. The van der Waals surface area contributed by atoms with Gasteiger partial charge >= 0.3 is 0 Å². The predicted molar refractivity (Wildman–Crippen MR) is 58.4 cm³/mol. The van der Waals surface area contributed by atoms with E-state index in [0.29, 0.717) is 6.54 Å². The van der Waals surface area contributed by atoms with E-state index in [2.05, 4.69) is 15.5 Å². The molecule has 0 radical (unpaired) electrons. The monoisotopic (exact) mass is 223 g/mol. The van der Waals surface area contributed by atoms with Gasteiger partial charge in [-0.3, -0.25) is 0 Å². The maximum absolute atomic E-state index is 12.6. The molecule has 0 bridgehead atoms. The van der Waals surface area contributed by atoms with Gasteiger partial charge in [-0.15, -0.1) is 10.2 Å². The fraction of sp³-hybridized carbons (Fsp3) is 0.200. The van der Waals surface area contributed by atoms with Crippen LogP contribution in [-0.4, -0.2) is 10.2 Å². The van der Waals surface area contributed by atoms with Gasteiger partial charge in [0.2, 0.25) is 5.13 Å². The molecular formula is C10H10FN3S. The summed E-state index contributed by atoms with van der Waals surface area (Å²) in [6.45, 7) is 2.54. The van der Waals surface area contributed by atoms with Crippen LogP contribution in [0.25, 0.3) is 0 Å². The van der Waals surface area contributed by atoms with E-state index in [1.54, 1.807) is 12.1 Å². The van der Waals surface area contributed by atoms with E-state index in [-0.39, 0.29) is 5.82 Å². The van der Waals surface area contributed by atoms with Crippen LogP contribution < -0.4 is 5.32 Å². The number of rotatable bonds is 3. The highest BCUT2D eigenvalue weighted by Gasteiger charge is 1.99. The van der Waals surface area contributed by atoms with E-state index in [4.69, 9.17) is 0 Å². The van der Waals surface area contributed by atoms with Crippen molar-refractivity contribution in [3.8, 4) is 0 Å². The number of benzene rings is 1. The van der Waals surface area contributed by atoms with Crippen LogP contribution in [0.15, 0.2) is 24.3 Å². The molecule has 0 aliphatic carbocycles. The highest BCUT2D eigenvalue weighted by atomic mass is 32.1. The Bertz CT molecular complexity index is 438. The lowest BCUT2D eigenvalue weighted by atomic mass is 10.2. The summed E-state index contributed by atoms with van der Waals surface area (Å²) in [5, 5.41) is 12.7. The number of nitrogens with zero attached hydrogens (tertiary/aromatic N) is 2. The van der Waals surface area contributed by atoms with Gasteiger partial charge in [0, 0.05) is 6.54 Å². The Morgan fingerprint density at radius 1 is 1.27 bits per heavy atom. The molecule has 0 saturated carbocycles. The third-order valence-corrected chi connectivity index (χ3v) is 2.68. The summed E-state index contributed by atoms with van der Waals surface area (Å²) < 4.78 is 12.6. The second-order valence-corrected chi connectivity index (χ2v) is 4.29.